The Balaban J connectivity index is 3.39. The summed E-state index contributed by atoms with van der Waals surface area (Å²) in [7, 11) is 0. The third-order valence-electron chi connectivity index (χ3n) is 3.16. The predicted molar refractivity (Wildman–Crippen MR) is 77.7 cm³/mol. The fraction of sp³-hybridized carbons (Fsp3) is 0.562. The molecular weight excluding hydrogens is 206 g/mol. The van der Waals surface area contributed by atoms with Crippen molar-refractivity contribution in [2.75, 3.05) is 0 Å². The molecule has 0 spiro atoms. The lowest BCUT2D eigenvalue weighted by molar-refractivity contribution is 0.834. The van der Waals surface area contributed by atoms with Gasteiger partial charge in [0.1, 0.15) is 0 Å². The van der Waals surface area contributed by atoms with Crippen molar-refractivity contribution in [2.45, 2.75) is 59.8 Å². The highest BCUT2D eigenvalue weighted by atomic mass is 14.8. The molecule has 0 fully saturated rings. The fourth-order valence-corrected chi connectivity index (χ4v) is 1.91. The molecule has 0 radical (unpaired) electrons. The van der Waals surface area contributed by atoms with Gasteiger partial charge in [0.2, 0.25) is 0 Å². The van der Waals surface area contributed by atoms with Crippen molar-refractivity contribution in [1.82, 2.24) is 0 Å². The molecule has 0 heterocycles. The number of nitrogens with zero attached hydrogens (tertiary/aromatic N) is 1. The minimum absolute atomic E-state index is 0.525. The molecule has 0 atom stereocenters. The maximum atomic E-state index is 4.84. The molecule has 0 saturated carbocycles. The Labute approximate surface area is 106 Å². The molecule has 17 heavy (non-hydrogen) atoms. The number of para-hydroxylation sites is 1. The van der Waals surface area contributed by atoms with Crippen LogP contribution in [0.2, 0.25) is 0 Å². The van der Waals surface area contributed by atoms with Crippen molar-refractivity contribution in [3.8, 4) is 0 Å². The van der Waals surface area contributed by atoms with E-state index in [4.69, 9.17) is 4.99 Å². The number of aliphatic imine (C=N–C) groups is 1. The fourth-order valence-electron chi connectivity index (χ4n) is 1.91. The Morgan fingerprint density at radius 2 is 1.53 bits per heavy atom. The van der Waals surface area contributed by atoms with Gasteiger partial charge in [0, 0.05) is 5.71 Å². The van der Waals surface area contributed by atoms with Gasteiger partial charge in [0.15, 0.2) is 0 Å². The molecule has 1 nitrogen and oxygen atoms in total. The van der Waals surface area contributed by atoms with Crippen LogP contribution in [0.4, 0.5) is 5.69 Å². The summed E-state index contributed by atoms with van der Waals surface area (Å²) in [5.41, 5.74) is 5.14. The van der Waals surface area contributed by atoms with Gasteiger partial charge in [-0.1, -0.05) is 52.8 Å². The summed E-state index contributed by atoms with van der Waals surface area (Å²) < 4.78 is 0. The third-order valence-corrected chi connectivity index (χ3v) is 3.16. The molecule has 1 heteroatoms. The summed E-state index contributed by atoms with van der Waals surface area (Å²) >= 11 is 0. The second kappa shape index (κ2) is 6.00. The standard InChI is InChI=1S/C16H25N/c1-7-13(6)17-16-14(11(2)3)9-8-10-15(16)12(4)5/h8-12H,7H2,1-6H3. The number of hydrogen-bond acceptors (Lipinski definition) is 1. The number of hydrogen-bond donors (Lipinski definition) is 0. The summed E-state index contributed by atoms with van der Waals surface area (Å²) in [6, 6.07) is 6.57. The Bertz CT molecular complexity index is 374. The van der Waals surface area contributed by atoms with Crippen molar-refractivity contribution >= 4 is 11.4 Å². The molecule has 0 aromatic heterocycles. The van der Waals surface area contributed by atoms with Gasteiger partial charge < -0.3 is 0 Å². The zero-order valence-electron chi connectivity index (χ0n) is 12.0. The van der Waals surface area contributed by atoms with Crippen molar-refractivity contribution in [2.24, 2.45) is 4.99 Å². The van der Waals surface area contributed by atoms with Crippen molar-refractivity contribution in [3.63, 3.8) is 0 Å². The van der Waals surface area contributed by atoms with Crippen LogP contribution in [0.15, 0.2) is 23.2 Å². The molecule has 0 aliphatic heterocycles. The van der Waals surface area contributed by atoms with Gasteiger partial charge in [-0.15, -0.1) is 0 Å². The Morgan fingerprint density at radius 3 is 1.88 bits per heavy atom. The monoisotopic (exact) mass is 231 g/mol. The van der Waals surface area contributed by atoms with E-state index < -0.39 is 0 Å². The van der Waals surface area contributed by atoms with Crippen LogP contribution in [0, 0.1) is 0 Å². The number of rotatable bonds is 4. The smallest absolute Gasteiger partial charge is 0.0698 e. The van der Waals surface area contributed by atoms with E-state index in [0.29, 0.717) is 11.8 Å². The van der Waals surface area contributed by atoms with Crippen molar-refractivity contribution < 1.29 is 0 Å². The SMILES string of the molecule is CCC(C)=Nc1c(C(C)C)cccc1C(C)C. The van der Waals surface area contributed by atoms with Gasteiger partial charge in [0.25, 0.3) is 0 Å². The van der Waals surface area contributed by atoms with E-state index in [1.807, 2.05) is 0 Å². The van der Waals surface area contributed by atoms with E-state index >= 15 is 0 Å². The molecule has 0 aliphatic carbocycles. The van der Waals surface area contributed by atoms with E-state index in [1.165, 1.54) is 22.5 Å². The molecule has 0 N–H and O–H groups in total. The highest BCUT2D eigenvalue weighted by Crippen LogP contribution is 2.34. The van der Waals surface area contributed by atoms with Crippen LogP contribution in [0.1, 0.15) is 70.9 Å². The van der Waals surface area contributed by atoms with Crippen molar-refractivity contribution in [1.29, 1.82) is 0 Å². The van der Waals surface area contributed by atoms with E-state index in [1.54, 1.807) is 0 Å². The molecular formula is C16H25N. The first kappa shape index (κ1) is 14.0. The molecule has 1 rings (SSSR count). The summed E-state index contributed by atoms with van der Waals surface area (Å²) in [5.74, 6) is 1.05. The lowest BCUT2D eigenvalue weighted by Gasteiger charge is -2.16. The molecule has 94 valence electrons. The second-order valence-corrected chi connectivity index (χ2v) is 5.30. The summed E-state index contributed by atoms with van der Waals surface area (Å²) in [5, 5.41) is 0. The molecule has 0 aliphatic rings. The first-order chi connectivity index (χ1) is 7.97. The van der Waals surface area contributed by atoms with Gasteiger partial charge in [-0.05, 0) is 36.3 Å². The Morgan fingerprint density at radius 1 is 1.06 bits per heavy atom. The molecule has 1 aromatic rings. The molecule has 0 bridgehead atoms. The normalized spacial score (nSPS) is 12.6. The minimum Gasteiger partial charge on any atom is -0.258 e. The molecule has 0 amide bonds. The van der Waals surface area contributed by atoms with Gasteiger partial charge >= 0.3 is 0 Å². The molecule has 0 saturated heterocycles. The van der Waals surface area contributed by atoms with Crippen LogP contribution in [-0.4, -0.2) is 5.71 Å². The predicted octanol–water partition coefficient (Wildman–Crippen LogP) is 5.44. The van der Waals surface area contributed by atoms with Crippen LogP contribution in [0.3, 0.4) is 0 Å². The highest BCUT2D eigenvalue weighted by Gasteiger charge is 2.12. The average molecular weight is 231 g/mol. The van der Waals surface area contributed by atoms with Crippen LogP contribution in [-0.2, 0) is 0 Å². The minimum atomic E-state index is 0.525. The van der Waals surface area contributed by atoms with Crippen LogP contribution in [0.5, 0.6) is 0 Å². The number of benzene rings is 1. The van der Waals surface area contributed by atoms with E-state index in [2.05, 4.69) is 59.7 Å². The summed E-state index contributed by atoms with van der Waals surface area (Å²) in [6.45, 7) is 13.2. The van der Waals surface area contributed by atoms with Gasteiger partial charge in [0.05, 0.1) is 5.69 Å². The maximum absolute atomic E-state index is 4.84. The van der Waals surface area contributed by atoms with E-state index in [9.17, 15) is 0 Å². The van der Waals surface area contributed by atoms with Gasteiger partial charge in [-0.25, -0.2) is 0 Å². The average Bonchev–Trinajstić information content (AvgIpc) is 2.28. The molecule has 1 aromatic carbocycles. The quantitative estimate of drug-likeness (QED) is 0.612. The van der Waals surface area contributed by atoms with E-state index in [0.717, 1.165) is 6.42 Å². The third kappa shape index (κ3) is 3.42. The van der Waals surface area contributed by atoms with Gasteiger partial charge in [-0.3, -0.25) is 4.99 Å². The van der Waals surface area contributed by atoms with Crippen molar-refractivity contribution in [3.05, 3.63) is 29.3 Å². The van der Waals surface area contributed by atoms with Crippen LogP contribution in [0.25, 0.3) is 0 Å². The Kier molecular flexibility index (Phi) is 4.92. The zero-order valence-corrected chi connectivity index (χ0v) is 12.0. The highest BCUT2D eigenvalue weighted by molar-refractivity contribution is 5.85. The molecule has 0 unspecified atom stereocenters. The summed E-state index contributed by atoms with van der Waals surface area (Å²) in [4.78, 5) is 4.84. The first-order valence-corrected chi connectivity index (χ1v) is 6.64. The van der Waals surface area contributed by atoms with Crippen LogP contribution >= 0.6 is 0 Å². The first-order valence-electron chi connectivity index (χ1n) is 6.64. The second-order valence-electron chi connectivity index (χ2n) is 5.30. The maximum Gasteiger partial charge on any atom is 0.0698 e. The summed E-state index contributed by atoms with van der Waals surface area (Å²) in [6.07, 6.45) is 1.02. The van der Waals surface area contributed by atoms with E-state index in [-0.39, 0.29) is 0 Å². The van der Waals surface area contributed by atoms with Crippen LogP contribution < -0.4 is 0 Å². The lowest BCUT2D eigenvalue weighted by atomic mass is 9.93. The Hall–Kier alpha value is -1.11. The lowest BCUT2D eigenvalue weighted by Crippen LogP contribution is -1.97. The van der Waals surface area contributed by atoms with Gasteiger partial charge in [-0.2, -0.15) is 0 Å². The largest absolute Gasteiger partial charge is 0.258 e. The zero-order chi connectivity index (χ0) is 13.0. The topological polar surface area (TPSA) is 12.4 Å².